The molecule has 0 saturated carbocycles. The zero-order valence-electron chi connectivity index (χ0n) is 17.8. The van der Waals surface area contributed by atoms with Crippen LogP contribution in [0.25, 0.3) is 0 Å². The SMILES string of the molecule is O=C1N/C(=N/N=C2\S[C@@H](CC(=O)c3ccc4c(c3)CCCC4)C(=O)N2Cc2ccco2)CS1. The number of thioether (sulfide) groups is 2. The molecule has 2 saturated heterocycles. The van der Waals surface area contributed by atoms with E-state index < -0.39 is 5.25 Å². The predicted molar refractivity (Wildman–Crippen MR) is 129 cm³/mol. The summed E-state index contributed by atoms with van der Waals surface area (Å²) in [5.41, 5.74) is 3.21. The molecule has 3 aliphatic rings. The first kappa shape index (κ1) is 22.0. The van der Waals surface area contributed by atoms with Gasteiger partial charge in [-0.05, 0) is 55.0 Å². The van der Waals surface area contributed by atoms with Gasteiger partial charge in [-0.3, -0.25) is 19.3 Å². The zero-order valence-corrected chi connectivity index (χ0v) is 19.4. The Hall–Kier alpha value is -2.85. The molecule has 8 nitrogen and oxygen atoms in total. The maximum absolute atomic E-state index is 13.2. The van der Waals surface area contributed by atoms with Gasteiger partial charge in [-0.1, -0.05) is 35.7 Å². The largest absolute Gasteiger partial charge is 0.467 e. The van der Waals surface area contributed by atoms with E-state index in [4.69, 9.17) is 4.42 Å². The lowest BCUT2D eigenvalue weighted by atomic mass is 9.89. The Morgan fingerprint density at radius 1 is 1.15 bits per heavy atom. The number of Topliss-reactive ketones (excluding diaryl/α,β-unsaturated/α-hetero) is 1. The summed E-state index contributed by atoms with van der Waals surface area (Å²) in [7, 11) is 0. The highest BCUT2D eigenvalue weighted by Gasteiger charge is 2.40. The Labute approximate surface area is 199 Å². The fourth-order valence-electron chi connectivity index (χ4n) is 4.09. The highest BCUT2D eigenvalue weighted by molar-refractivity contribution is 8.15. The number of carbonyl (C=O) groups is 3. The Balaban J connectivity index is 1.34. The molecular formula is C23H22N4O4S2. The van der Waals surface area contributed by atoms with Gasteiger partial charge >= 0.3 is 0 Å². The fourth-order valence-corrected chi connectivity index (χ4v) is 5.77. The number of carbonyl (C=O) groups excluding carboxylic acids is 3. The van der Waals surface area contributed by atoms with Crippen molar-refractivity contribution in [3.05, 3.63) is 59.0 Å². The average Bonchev–Trinajstić information content (AvgIpc) is 3.55. The molecule has 1 aromatic heterocycles. The molecule has 2 fully saturated rings. The van der Waals surface area contributed by atoms with Crippen LogP contribution in [0.15, 0.2) is 51.2 Å². The van der Waals surface area contributed by atoms with E-state index >= 15 is 0 Å². The first-order valence-corrected chi connectivity index (χ1v) is 12.7. The number of ketones is 1. The number of hydrogen-bond acceptors (Lipinski definition) is 8. The van der Waals surface area contributed by atoms with Gasteiger partial charge in [0.05, 0.1) is 23.8 Å². The first-order valence-electron chi connectivity index (χ1n) is 10.8. The molecule has 0 unspecified atom stereocenters. The lowest BCUT2D eigenvalue weighted by molar-refractivity contribution is -0.126. The number of aryl methyl sites for hydroxylation is 2. The summed E-state index contributed by atoms with van der Waals surface area (Å²) in [5, 5.41) is 10.6. The molecule has 10 heteroatoms. The second-order valence-corrected chi connectivity index (χ2v) is 10.2. The molecule has 2 aromatic rings. The molecular weight excluding hydrogens is 460 g/mol. The van der Waals surface area contributed by atoms with E-state index in [1.165, 1.54) is 34.2 Å². The molecule has 1 N–H and O–H groups in total. The van der Waals surface area contributed by atoms with Gasteiger partial charge in [0, 0.05) is 12.0 Å². The van der Waals surface area contributed by atoms with Crippen LogP contribution in [0.3, 0.4) is 0 Å². The molecule has 1 atom stereocenters. The molecule has 2 aliphatic heterocycles. The van der Waals surface area contributed by atoms with Crippen LogP contribution in [0.4, 0.5) is 4.79 Å². The number of fused-ring (bicyclic) bond motifs is 1. The van der Waals surface area contributed by atoms with E-state index in [1.807, 2.05) is 18.2 Å². The summed E-state index contributed by atoms with van der Waals surface area (Å²) in [6.07, 6.45) is 6.01. The molecule has 33 heavy (non-hydrogen) atoms. The number of hydrogen-bond donors (Lipinski definition) is 1. The Morgan fingerprint density at radius 3 is 2.76 bits per heavy atom. The quantitative estimate of drug-likeness (QED) is 0.493. The van der Waals surface area contributed by atoms with Crippen molar-refractivity contribution in [3.8, 4) is 0 Å². The molecule has 5 rings (SSSR count). The van der Waals surface area contributed by atoms with E-state index in [-0.39, 0.29) is 29.9 Å². The van der Waals surface area contributed by atoms with Crippen molar-refractivity contribution in [2.24, 2.45) is 10.2 Å². The third-order valence-electron chi connectivity index (χ3n) is 5.80. The summed E-state index contributed by atoms with van der Waals surface area (Å²) in [6.45, 7) is 0.202. The second-order valence-electron chi connectivity index (χ2n) is 8.06. The summed E-state index contributed by atoms with van der Waals surface area (Å²) in [6, 6.07) is 9.44. The predicted octanol–water partition coefficient (Wildman–Crippen LogP) is 4.00. The van der Waals surface area contributed by atoms with Gasteiger partial charge in [0.1, 0.15) is 11.6 Å². The van der Waals surface area contributed by atoms with E-state index in [0.29, 0.717) is 28.1 Å². The molecule has 1 aliphatic carbocycles. The highest BCUT2D eigenvalue weighted by atomic mass is 32.2. The van der Waals surface area contributed by atoms with Crippen molar-refractivity contribution in [1.82, 2.24) is 10.2 Å². The Bertz CT molecular complexity index is 1160. The summed E-state index contributed by atoms with van der Waals surface area (Å²) >= 11 is 2.33. The van der Waals surface area contributed by atoms with Crippen LogP contribution in [-0.4, -0.2) is 43.8 Å². The zero-order chi connectivity index (χ0) is 22.8. The summed E-state index contributed by atoms with van der Waals surface area (Å²) in [4.78, 5) is 39.1. The van der Waals surface area contributed by atoms with Crippen molar-refractivity contribution in [2.45, 2.75) is 43.9 Å². The third-order valence-corrected chi connectivity index (χ3v) is 7.75. The molecule has 1 aromatic carbocycles. The maximum Gasteiger partial charge on any atom is 0.284 e. The van der Waals surface area contributed by atoms with Crippen molar-refractivity contribution in [2.75, 3.05) is 5.75 Å². The minimum atomic E-state index is -0.588. The van der Waals surface area contributed by atoms with E-state index in [1.54, 1.807) is 18.4 Å². The molecule has 2 amide bonds. The number of amides is 2. The maximum atomic E-state index is 13.2. The van der Waals surface area contributed by atoms with Gasteiger partial charge in [-0.2, -0.15) is 0 Å². The van der Waals surface area contributed by atoms with Crippen molar-refractivity contribution >= 4 is 51.5 Å². The third kappa shape index (κ3) is 4.91. The molecule has 0 radical (unpaired) electrons. The van der Waals surface area contributed by atoms with E-state index in [9.17, 15) is 14.4 Å². The van der Waals surface area contributed by atoms with Gasteiger partial charge in [0.25, 0.3) is 5.24 Å². The average molecular weight is 483 g/mol. The lowest BCUT2D eigenvalue weighted by Crippen LogP contribution is -2.32. The second kappa shape index (κ2) is 9.56. The number of furan rings is 1. The van der Waals surface area contributed by atoms with Crippen LogP contribution in [0.5, 0.6) is 0 Å². The molecule has 0 spiro atoms. The number of amidine groups is 2. The van der Waals surface area contributed by atoms with Crippen LogP contribution in [0, 0.1) is 0 Å². The minimum Gasteiger partial charge on any atom is -0.467 e. The van der Waals surface area contributed by atoms with Crippen molar-refractivity contribution in [3.63, 3.8) is 0 Å². The smallest absolute Gasteiger partial charge is 0.284 e. The molecule has 0 bridgehead atoms. The van der Waals surface area contributed by atoms with Gasteiger partial charge in [0.2, 0.25) is 5.91 Å². The Kier molecular flexibility index (Phi) is 6.37. The van der Waals surface area contributed by atoms with Gasteiger partial charge in [-0.25, -0.2) is 0 Å². The number of benzene rings is 1. The minimum absolute atomic E-state index is 0.0563. The van der Waals surface area contributed by atoms with Gasteiger partial charge in [0.15, 0.2) is 11.0 Å². The summed E-state index contributed by atoms with van der Waals surface area (Å²) in [5.74, 6) is 1.20. The summed E-state index contributed by atoms with van der Waals surface area (Å²) < 4.78 is 5.40. The highest BCUT2D eigenvalue weighted by Crippen LogP contribution is 2.32. The lowest BCUT2D eigenvalue weighted by Gasteiger charge is -2.16. The topological polar surface area (TPSA) is 104 Å². The molecule has 170 valence electrons. The van der Waals surface area contributed by atoms with Crippen molar-refractivity contribution in [1.29, 1.82) is 0 Å². The standard InChI is InChI=1S/C23H22N4O4S2/c28-18(16-8-7-14-4-1-2-5-15(14)10-16)11-19-21(29)27(12-17-6-3-9-31-17)22(33-19)26-25-20-13-32-23(30)24-20/h3,6-10,19H,1-2,4-5,11-13H2,(H,24,25,30)/b26-22-/t19-/m0/s1. The van der Waals surface area contributed by atoms with E-state index in [0.717, 1.165) is 31.0 Å². The van der Waals surface area contributed by atoms with Crippen LogP contribution in [0.2, 0.25) is 0 Å². The number of rotatable bonds is 6. The Morgan fingerprint density at radius 2 is 2.00 bits per heavy atom. The van der Waals surface area contributed by atoms with Crippen LogP contribution < -0.4 is 5.32 Å². The number of nitrogens with zero attached hydrogens (tertiary/aromatic N) is 3. The first-order chi connectivity index (χ1) is 16.1. The van der Waals surface area contributed by atoms with Gasteiger partial charge in [-0.15, -0.1) is 10.2 Å². The van der Waals surface area contributed by atoms with Crippen molar-refractivity contribution < 1.29 is 18.8 Å². The van der Waals surface area contributed by atoms with E-state index in [2.05, 4.69) is 15.5 Å². The van der Waals surface area contributed by atoms with Crippen LogP contribution in [0.1, 0.15) is 46.5 Å². The normalized spacial score (nSPS) is 22.8. The van der Waals surface area contributed by atoms with Gasteiger partial charge < -0.3 is 9.73 Å². The fraction of sp³-hybridized carbons (Fsp3) is 0.348. The number of nitrogens with one attached hydrogen (secondary N) is 1. The van der Waals surface area contributed by atoms with Crippen LogP contribution >= 0.6 is 23.5 Å². The monoisotopic (exact) mass is 482 g/mol. The van der Waals surface area contributed by atoms with Crippen LogP contribution in [-0.2, 0) is 24.2 Å². The molecule has 3 heterocycles.